The Morgan fingerprint density at radius 2 is 1.64 bits per heavy atom. The highest BCUT2D eigenvalue weighted by Gasteiger charge is 2.30. The lowest BCUT2D eigenvalue weighted by Crippen LogP contribution is -2.17. The molecule has 3 aromatic rings. The third-order valence-corrected chi connectivity index (χ3v) is 3.38. The maximum Gasteiger partial charge on any atom is 0.573 e. The average Bonchev–Trinajstić information content (AvgIpc) is 3.04. The lowest BCUT2D eigenvalue weighted by molar-refractivity contribution is -0.274. The first-order valence-corrected chi connectivity index (χ1v) is 7.06. The Labute approximate surface area is 139 Å². The average molecular weight is 348 g/mol. The highest BCUT2D eigenvalue weighted by atomic mass is 19.4. The second-order valence-corrected chi connectivity index (χ2v) is 5.10. The highest BCUT2D eigenvalue weighted by Crippen LogP contribution is 2.25. The van der Waals surface area contributed by atoms with E-state index in [1.807, 2.05) is 0 Å². The predicted molar refractivity (Wildman–Crippen MR) is 82.6 cm³/mol. The van der Waals surface area contributed by atoms with Crippen molar-refractivity contribution in [1.29, 1.82) is 0 Å². The number of carbonyl (C=O) groups is 1. The maximum atomic E-state index is 12.2. The second kappa shape index (κ2) is 6.31. The van der Waals surface area contributed by atoms with Crippen molar-refractivity contribution in [3.05, 3.63) is 66.5 Å². The zero-order chi connectivity index (χ0) is 18.0. The molecule has 0 fully saturated rings. The fraction of sp³-hybridized carbons (Fsp3) is 0.0588. The summed E-state index contributed by atoms with van der Waals surface area (Å²) in [5.74, 6) is -1.32. The lowest BCUT2D eigenvalue weighted by Gasteiger charge is -2.09. The molecule has 128 valence electrons. The summed E-state index contributed by atoms with van der Waals surface area (Å²) in [7, 11) is 0. The van der Waals surface area contributed by atoms with Gasteiger partial charge in [0.15, 0.2) is 0 Å². The van der Waals surface area contributed by atoms with Gasteiger partial charge in [-0.2, -0.15) is 5.10 Å². The summed E-state index contributed by atoms with van der Waals surface area (Å²) in [5, 5.41) is 13.1. The molecule has 0 bridgehead atoms. The van der Waals surface area contributed by atoms with Crippen molar-refractivity contribution in [3.63, 3.8) is 0 Å². The third-order valence-electron chi connectivity index (χ3n) is 3.38. The van der Waals surface area contributed by atoms with Crippen LogP contribution in [0.25, 0.3) is 16.8 Å². The summed E-state index contributed by atoms with van der Waals surface area (Å²) >= 11 is 0. The second-order valence-electron chi connectivity index (χ2n) is 5.10. The molecule has 0 aliphatic rings. The summed E-state index contributed by atoms with van der Waals surface area (Å²) < 4.78 is 41.8. The molecule has 1 N–H and O–H groups in total. The Morgan fingerprint density at radius 3 is 2.20 bits per heavy atom. The van der Waals surface area contributed by atoms with Gasteiger partial charge in [-0.25, -0.2) is 9.48 Å². The van der Waals surface area contributed by atoms with Crippen LogP contribution in [0.5, 0.6) is 5.75 Å². The van der Waals surface area contributed by atoms with E-state index >= 15 is 0 Å². The quantitative estimate of drug-likeness (QED) is 0.770. The van der Waals surface area contributed by atoms with Crippen molar-refractivity contribution >= 4 is 5.97 Å². The molecule has 0 spiro atoms. The Balaban J connectivity index is 1.80. The van der Waals surface area contributed by atoms with Gasteiger partial charge in [0.05, 0.1) is 17.4 Å². The lowest BCUT2D eigenvalue weighted by atomic mass is 10.1. The Hall–Kier alpha value is -3.29. The van der Waals surface area contributed by atoms with Crippen LogP contribution >= 0.6 is 0 Å². The van der Waals surface area contributed by atoms with Crippen LogP contribution in [0.1, 0.15) is 10.4 Å². The molecule has 0 saturated heterocycles. The number of benzene rings is 2. The number of carboxylic acid groups (broad SMARTS) is 1. The van der Waals surface area contributed by atoms with Gasteiger partial charge in [0.25, 0.3) is 0 Å². The van der Waals surface area contributed by atoms with Crippen LogP contribution in [0.4, 0.5) is 13.2 Å². The number of alkyl halides is 3. The number of rotatable bonds is 4. The van der Waals surface area contributed by atoms with Crippen LogP contribution in [0.15, 0.2) is 60.9 Å². The minimum atomic E-state index is -4.73. The molecule has 1 aromatic heterocycles. The molecule has 8 heteroatoms. The summed E-state index contributed by atoms with van der Waals surface area (Å²) in [6.07, 6.45) is -1.46. The van der Waals surface area contributed by atoms with Gasteiger partial charge in [-0.3, -0.25) is 0 Å². The van der Waals surface area contributed by atoms with E-state index in [4.69, 9.17) is 5.11 Å². The molecule has 0 aliphatic carbocycles. The van der Waals surface area contributed by atoms with Crippen LogP contribution in [-0.4, -0.2) is 27.2 Å². The van der Waals surface area contributed by atoms with Crippen LogP contribution in [0, 0.1) is 0 Å². The summed E-state index contributed by atoms with van der Waals surface area (Å²) in [5.41, 5.74) is 2.25. The van der Waals surface area contributed by atoms with Crippen molar-refractivity contribution < 1.29 is 27.8 Å². The van der Waals surface area contributed by atoms with Crippen LogP contribution < -0.4 is 4.74 Å². The molecule has 0 atom stereocenters. The zero-order valence-corrected chi connectivity index (χ0v) is 12.6. The first kappa shape index (κ1) is 16.6. The van der Waals surface area contributed by atoms with Crippen LogP contribution in [0.2, 0.25) is 0 Å². The Morgan fingerprint density at radius 1 is 1.00 bits per heavy atom. The van der Waals surface area contributed by atoms with Gasteiger partial charge < -0.3 is 9.84 Å². The Kier molecular flexibility index (Phi) is 4.18. The molecule has 1 heterocycles. The molecule has 3 rings (SSSR count). The fourth-order valence-corrected chi connectivity index (χ4v) is 2.22. The summed E-state index contributed by atoms with van der Waals surface area (Å²) in [6, 6.07) is 11.6. The van der Waals surface area contributed by atoms with Crippen molar-refractivity contribution in [2.24, 2.45) is 0 Å². The largest absolute Gasteiger partial charge is 0.573 e. The number of ether oxygens (including phenoxy) is 1. The molecule has 0 unspecified atom stereocenters. The van der Waals surface area contributed by atoms with Crippen LogP contribution in [0.3, 0.4) is 0 Å². The van der Waals surface area contributed by atoms with Gasteiger partial charge in [0.2, 0.25) is 0 Å². The maximum absolute atomic E-state index is 12.2. The fourth-order valence-electron chi connectivity index (χ4n) is 2.22. The van der Waals surface area contributed by atoms with Gasteiger partial charge in [0, 0.05) is 11.8 Å². The number of aromatic nitrogens is 2. The van der Waals surface area contributed by atoms with Crippen molar-refractivity contribution in [1.82, 2.24) is 9.78 Å². The molecule has 2 aromatic carbocycles. The van der Waals surface area contributed by atoms with E-state index < -0.39 is 12.3 Å². The smallest absolute Gasteiger partial charge is 0.478 e. The number of hydrogen-bond donors (Lipinski definition) is 1. The van der Waals surface area contributed by atoms with Gasteiger partial charge in [-0.15, -0.1) is 13.2 Å². The molecule has 0 aliphatic heterocycles. The van der Waals surface area contributed by atoms with Crippen molar-refractivity contribution in [2.75, 3.05) is 0 Å². The number of hydrogen-bond acceptors (Lipinski definition) is 3. The van der Waals surface area contributed by atoms with Gasteiger partial charge in [0.1, 0.15) is 5.75 Å². The van der Waals surface area contributed by atoms with Gasteiger partial charge in [-0.1, -0.05) is 12.1 Å². The van der Waals surface area contributed by atoms with E-state index in [9.17, 15) is 18.0 Å². The summed E-state index contributed by atoms with van der Waals surface area (Å²) in [4.78, 5) is 10.9. The third kappa shape index (κ3) is 3.97. The first-order valence-electron chi connectivity index (χ1n) is 7.06. The summed E-state index contributed by atoms with van der Waals surface area (Å²) in [6.45, 7) is 0. The van der Waals surface area contributed by atoms with E-state index in [0.717, 1.165) is 11.1 Å². The topological polar surface area (TPSA) is 64.3 Å². The highest BCUT2D eigenvalue weighted by molar-refractivity contribution is 5.88. The normalized spacial score (nSPS) is 11.3. The monoisotopic (exact) mass is 348 g/mol. The van der Waals surface area contributed by atoms with E-state index in [2.05, 4.69) is 9.84 Å². The van der Waals surface area contributed by atoms with Crippen molar-refractivity contribution in [3.8, 4) is 22.6 Å². The van der Waals surface area contributed by atoms with E-state index in [1.54, 1.807) is 24.5 Å². The van der Waals surface area contributed by atoms with Crippen LogP contribution in [-0.2, 0) is 0 Å². The molecule has 0 radical (unpaired) electrons. The van der Waals surface area contributed by atoms with E-state index in [0.29, 0.717) is 5.69 Å². The van der Waals surface area contributed by atoms with Gasteiger partial charge in [-0.05, 0) is 42.0 Å². The first-order chi connectivity index (χ1) is 11.8. The molecule has 5 nitrogen and oxygen atoms in total. The minimum absolute atomic E-state index is 0.177. The molecule has 0 saturated carbocycles. The van der Waals surface area contributed by atoms with Gasteiger partial charge >= 0.3 is 12.3 Å². The molecular formula is C17H11F3N2O3. The molecule has 25 heavy (non-hydrogen) atoms. The van der Waals surface area contributed by atoms with E-state index in [1.165, 1.54) is 41.1 Å². The molecular weight excluding hydrogens is 337 g/mol. The minimum Gasteiger partial charge on any atom is -0.478 e. The number of aromatic carboxylic acids is 1. The zero-order valence-electron chi connectivity index (χ0n) is 12.6. The Bertz CT molecular complexity index is 885. The SMILES string of the molecule is O=C(O)c1ccc(-c2cnn(-c3ccc(OC(F)(F)F)cc3)c2)cc1. The predicted octanol–water partition coefficient (Wildman–Crippen LogP) is 4.14. The number of halogens is 3. The number of carboxylic acids is 1. The molecule has 0 amide bonds. The van der Waals surface area contributed by atoms with Crippen molar-refractivity contribution in [2.45, 2.75) is 6.36 Å². The number of nitrogens with zero attached hydrogens (tertiary/aromatic N) is 2. The standard InChI is InChI=1S/C17H11F3N2O3/c18-17(19,20)25-15-7-5-14(6-8-15)22-10-13(9-21-22)11-1-3-12(4-2-11)16(23)24/h1-10H,(H,23,24). The van der Waals surface area contributed by atoms with E-state index in [-0.39, 0.29) is 11.3 Å².